The molecule has 1 aliphatic heterocycles. The van der Waals surface area contributed by atoms with Gasteiger partial charge in [0.05, 0.1) is 4.90 Å². The molecule has 0 spiro atoms. The Kier molecular flexibility index (Phi) is 5.81. The third-order valence-corrected chi connectivity index (χ3v) is 5.22. The molecule has 1 amide bonds. The summed E-state index contributed by atoms with van der Waals surface area (Å²) in [5.41, 5.74) is 0.495. The first kappa shape index (κ1) is 17.9. The lowest BCUT2D eigenvalue weighted by atomic mass is 10.1. The first-order chi connectivity index (χ1) is 10.8. The van der Waals surface area contributed by atoms with Crippen molar-refractivity contribution >= 4 is 15.7 Å². The molecule has 0 saturated carbocycles. The summed E-state index contributed by atoms with van der Waals surface area (Å²) in [4.78, 5) is 14.8. The van der Waals surface area contributed by atoms with Gasteiger partial charge in [-0.05, 0) is 49.1 Å². The summed E-state index contributed by atoms with van der Waals surface area (Å²) in [7, 11) is -3.22. The Hall–Kier alpha value is -1.40. The van der Waals surface area contributed by atoms with Crippen molar-refractivity contribution in [3.8, 4) is 0 Å². The summed E-state index contributed by atoms with van der Waals surface area (Å²) >= 11 is 0. The first-order valence-electron chi connectivity index (χ1n) is 8.06. The van der Waals surface area contributed by atoms with Crippen LogP contribution in [0.1, 0.15) is 30.6 Å². The zero-order valence-corrected chi connectivity index (χ0v) is 14.9. The van der Waals surface area contributed by atoms with Crippen LogP contribution in [0.4, 0.5) is 0 Å². The Morgan fingerprint density at radius 2 is 1.96 bits per heavy atom. The fraction of sp³-hybridized carbons (Fsp3) is 0.588. The highest BCUT2D eigenvalue weighted by Gasteiger charge is 2.23. The maximum absolute atomic E-state index is 12.1. The SMILES string of the molecule is CC(C)CN1CC[C@H](CNC(=O)c2ccc(S(C)(=O)=O)cc2)C1. The molecule has 6 heteroatoms. The van der Waals surface area contributed by atoms with Crippen molar-refractivity contribution in [3.63, 3.8) is 0 Å². The Balaban J connectivity index is 1.84. The van der Waals surface area contributed by atoms with E-state index < -0.39 is 9.84 Å². The van der Waals surface area contributed by atoms with Gasteiger partial charge in [-0.3, -0.25) is 4.79 Å². The lowest BCUT2D eigenvalue weighted by molar-refractivity contribution is 0.0947. The van der Waals surface area contributed by atoms with Gasteiger partial charge in [0.15, 0.2) is 9.84 Å². The van der Waals surface area contributed by atoms with E-state index >= 15 is 0 Å². The molecule has 128 valence electrons. The van der Waals surface area contributed by atoms with Crippen LogP contribution in [-0.2, 0) is 9.84 Å². The van der Waals surface area contributed by atoms with Crippen molar-refractivity contribution < 1.29 is 13.2 Å². The molecule has 0 aromatic heterocycles. The van der Waals surface area contributed by atoms with E-state index in [0.717, 1.165) is 32.3 Å². The van der Waals surface area contributed by atoms with Crippen LogP contribution in [0.3, 0.4) is 0 Å². The van der Waals surface area contributed by atoms with Gasteiger partial charge in [0, 0.05) is 31.5 Å². The standard InChI is InChI=1S/C17H26N2O3S/c1-13(2)11-19-9-8-14(12-19)10-18-17(20)15-4-6-16(7-5-15)23(3,21)22/h4-7,13-14H,8-12H2,1-3H3,(H,18,20)/t14-/m1/s1. The number of sulfone groups is 1. The van der Waals surface area contributed by atoms with Gasteiger partial charge in [-0.15, -0.1) is 0 Å². The minimum absolute atomic E-state index is 0.146. The summed E-state index contributed by atoms with van der Waals surface area (Å²) in [5, 5.41) is 2.96. The third-order valence-electron chi connectivity index (χ3n) is 4.09. The van der Waals surface area contributed by atoms with E-state index in [4.69, 9.17) is 0 Å². The van der Waals surface area contributed by atoms with Gasteiger partial charge < -0.3 is 10.2 Å². The molecule has 1 aliphatic rings. The fourth-order valence-corrected chi connectivity index (χ4v) is 3.58. The number of carbonyl (C=O) groups excluding carboxylic acids is 1. The number of likely N-dealkylation sites (tertiary alicyclic amines) is 1. The normalized spacial score (nSPS) is 19.2. The van der Waals surface area contributed by atoms with E-state index in [0.29, 0.717) is 23.9 Å². The number of hydrogen-bond acceptors (Lipinski definition) is 4. The number of rotatable bonds is 6. The van der Waals surface area contributed by atoms with Crippen LogP contribution < -0.4 is 5.32 Å². The average Bonchev–Trinajstić information content (AvgIpc) is 2.90. The van der Waals surface area contributed by atoms with Gasteiger partial charge in [0.2, 0.25) is 0 Å². The number of benzene rings is 1. The van der Waals surface area contributed by atoms with Crippen LogP contribution in [0.5, 0.6) is 0 Å². The molecule has 0 bridgehead atoms. The minimum Gasteiger partial charge on any atom is -0.352 e. The topological polar surface area (TPSA) is 66.5 Å². The van der Waals surface area contributed by atoms with Gasteiger partial charge in [-0.25, -0.2) is 8.42 Å². The monoisotopic (exact) mass is 338 g/mol. The predicted molar refractivity (Wildman–Crippen MR) is 91.3 cm³/mol. The molecule has 1 aromatic carbocycles. The molecule has 1 atom stereocenters. The maximum Gasteiger partial charge on any atom is 0.251 e. The summed E-state index contributed by atoms with van der Waals surface area (Å²) in [6.07, 6.45) is 2.27. The van der Waals surface area contributed by atoms with Crippen molar-refractivity contribution in [2.24, 2.45) is 11.8 Å². The number of nitrogens with one attached hydrogen (secondary N) is 1. The molecule has 0 radical (unpaired) electrons. The molecule has 5 nitrogen and oxygen atoms in total. The Labute approximate surface area is 139 Å². The number of hydrogen-bond donors (Lipinski definition) is 1. The lowest BCUT2D eigenvalue weighted by Crippen LogP contribution is -2.31. The molecule has 1 aromatic rings. The fourth-order valence-electron chi connectivity index (χ4n) is 2.95. The highest BCUT2D eigenvalue weighted by Crippen LogP contribution is 2.17. The predicted octanol–water partition coefficient (Wildman–Crippen LogP) is 1.80. The summed E-state index contributed by atoms with van der Waals surface area (Å²) in [5.74, 6) is 1.01. The van der Waals surface area contributed by atoms with E-state index in [1.165, 1.54) is 12.1 Å². The lowest BCUT2D eigenvalue weighted by Gasteiger charge is -2.18. The van der Waals surface area contributed by atoms with E-state index in [9.17, 15) is 13.2 Å². The average molecular weight is 338 g/mol. The molecule has 2 rings (SSSR count). The van der Waals surface area contributed by atoms with Crippen molar-refractivity contribution in [1.82, 2.24) is 10.2 Å². The Bertz CT molecular complexity index is 638. The second-order valence-corrected chi connectivity index (χ2v) is 8.83. The second-order valence-electron chi connectivity index (χ2n) is 6.81. The van der Waals surface area contributed by atoms with Gasteiger partial charge >= 0.3 is 0 Å². The maximum atomic E-state index is 12.1. The smallest absolute Gasteiger partial charge is 0.251 e. The van der Waals surface area contributed by atoms with Crippen LogP contribution >= 0.6 is 0 Å². The van der Waals surface area contributed by atoms with Crippen LogP contribution in [0, 0.1) is 11.8 Å². The number of nitrogens with zero attached hydrogens (tertiary/aromatic N) is 1. The van der Waals surface area contributed by atoms with Gasteiger partial charge in [0.25, 0.3) is 5.91 Å². The third kappa shape index (κ3) is 5.32. The first-order valence-corrected chi connectivity index (χ1v) is 9.95. The van der Waals surface area contributed by atoms with Gasteiger partial charge in [-0.2, -0.15) is 0 Å². The molecular weight excluding hydrogens is 312 g/mol. The molecule has 1 fully saturated rings. The Morgan fingerprint density at radius 3 is 2.52 bits per heavy atom. The van der Waals surface area contributed by atoms with Gasteiger partial charge in [0.1, 0.15) is 0 Å². The van der Waals surface area contributed by atoms with E-state index in [1.54, 1.807) is 12.1 Å². The quantitative estimate of drug-likeness (QED) is 0.859. The Morgan fingerprint density at radius 1 is 1.30 bits per heavy atom. The van der Waals surface area contributed by atoms with Gasteiger partial charge in [-0.1, -0.05) is 13.8 Å². The molecule has 0 aliphatic carbocycles. The highest BCUT2D eigenvalue weighted by molar-refractivity contribution is 7.90. The number of amides is 1. The van der Waals surface area contributed by atoms with Crippen molar-refractivity contribution in [3.05, 3.63) is 29.8 Å². The van der Waals surface area contributed by atoms with E-state index in [1.807, 2.05) is 0 Å². The van der Waals surface area contributed by atoms with Crippen LogP contribution in [0.15, 0.2) is 29.2 Å². The zero-order valence-electron chi connectivity index (χ0n) is 14.1. The van der Waals surface area contributed by atoms with E-state index in [-0.39, 0.29) is 10.8 Å². The van der Waals surface area contributed by atoms with E-state index in [2.05, 4.69) is 24.1 Å². The van der Waals surface area contributed by atoms with Crippen molar-refractivity contribution in [1.29, 1.82) is 0 Å². The molecule has 1 heterocycles. The molecular formula is C17H26N2O3S. The zero-order chi connectivity index (χ0) is 17.0. The van der Waals surface area contributed by atoms with Crippen molar-refractivity contribution in [2.75, 3.05) is 32.4 Å². The summed E-state index contributed by atoms with van der Waals surface area (Å²) in [6.45, 7) is 8.34. The molecule has 1 saturated heterocycles. The van der Waals surface area contributed by atoms with Crippen LogP contribution in [0.2, 0.25) is 0 Å². The number of carbonyl (C=O) groups is 1. The highest BCUT2D eigenvalue weighted by atomic mass is 32.2. The molecule has 23 heavy (non-hydrogen) atoms. The molecule has 0 unspecified atom stereocenters. The summed E-state index contributed by atoms with van der Waals surface area (Å²) < 4.78 is 22.8. The second kappa shape index (κ2) is 7.45. The molecule has 1 N–H and O–H groups in total. The summed E-state index contributed by atoms with van der Waals surface area (Å²) in [6, 6.07) is 6.07. The van der Waals surface area contributed by atoms with Crippen LogP contribution in [0.25, 0.3) is 0 Å². The van der Waals surface area contributed by atoms with Crippen LogP contribution in [-0.4, -0.2) is 51.7 Å². The van der Waals surface area contributed by atoms with Crippen molar-refractivity contribution in [2.45, 2.75) is 25.2 Å². The largest absolute Gasteiger partial charge is 0.352 e. The minimum atomic E-state index is -3.22.